The number of benzene rings is 1. The minimum Gasteiger partial charge on any atom is -0.310 e. The summed E-state index contributed by atoms with van der Waals surface area (Å²) >= 11 is 13.8. The maximum Gasteiger partial charge on any atom is 0.0542 e. The maximum absolute atomic E-state index is 6.26. The van der Waals surface area contributed by atoms with Gasteiger partial charge in [0.1, 0.15) is 0 Å². The van der Waals surface area contributed by atoms with Gasteiger partial charge in [0.25, 0.3) is 0 Å². The topological polar surface area (TPSA) is 12.0 Å². The molecule has 20 heavy (non-hydrogen) atoms. The van der Waals surface area contributed by atoms with Crippen molar-refractivity contribution in [3.05, 3.63) is 53.2 Å². The van der Waals surface area contributed by atoms with Crippen LogP contribution in [0.2, 0.25) is 5.02 Å². The van der Waals surface area contributed by atoms with Crippen LogP contribution in [0.25, 0.3) is 0 Å². The molecule has 1 unspecified atom stereocenters. The van der Waals surface area contributed by atoms with Gasteiger partial charge < -0.3 is 5.32 Å². The average molecular weight is 485 g/mol. The Hall–Kier alpha value is 0.380. The van der Waals surface area contributed by atoms with Crippen molar-refractivity contribution in [1.29, 1.82) is 0 Å². The summed E-state index contributed by atoms with van der Waals surface area (Å²) in [7, 11) is 0. The van der Waals surface area contributed by atoms with Crippen LogP contribution in [0.15, 0.2) is 34.1 Å². The van der Waals surface area contributed by atoms with E-state index in [4.69, 9.17) is 11.6 Å². The van der Waals surface area contributed by atoms with Crippen LogP contribution < -0.4 is 5.32 Å². The van der Waals surface area contributed by atoms with Crippen LogP contribution in [0.5, 0.6) is 0 Å². The first kappa shape index (κ1) is 16.7. The molecule has 1 atom stereocenters. The molecular formula is C15H16BrClINS. The van der Waals surface area contributed by atoms with Gasteiger partial charge in [-0.25, -0.2) is 0 Å². The fourth-order valence-corrected chi connectivity index (χ4v) is 4.04. The molecule has 1 heterocycles. The zero-order chi connectivity index (χ0) is 14.5. The standard InChI is InChI=1S/C15H16BrClINS/c1-2-5-19-15(8-12-7-11(16)9-20-12)10-3-4-14(18)13(17)6-10/h3-4,6-7,9,15,19H,2,5,8H2,1H3. The Morgan fingerprint density at radius 1 is 1.40 bits per heavy atom. The van der Waals surface area contributed by atoms with Gasteiger partial charge >= 0.3 is 0 Å². The summed E-state index contributed by atoms with van der Waals surface area (Å²) in [6.07, 6.45) is 2.12. The van der Waals surface area contributed by atoms with E-state index in [1.165, 1.54) is 10.4 Å². The Kier molecular flexibility index (Phi) is 6.81. The van der Waals surface area contributed by atoms with Crippen molar-refractivity contribution in [2.75, 3.05) is 6.54 Å². The lowest BCUT2D eigenvalue weighted by atomic mass is 10.0. The fraction of sp³-hybridized carbons (Fsp3) is 0.333. The first-order chi connectivity index (χ1) is 9.60. The highest BCUT2D eigenvalue weighted by Crippen LogP contribution is 2.28. The van der Waals surface area contributed by atoms with Crippen LogP contribution in [0.4, 0.5) is 0 Å². The number of halogens is 3. The van der Waals surface area contributed by atoms with E-state index in [1.54, 1.807) is 11.3 Å². The predicted molar refractivity (Wildman–Crippen MR) is 101 cm³/mol. The third-order valence-electron chi connectivity index (χ3n) is 3.01. The molecule has 0 amide bonds. The van der Waals surface area contributed by atoms with Gasteiger partial charge in [0.2, 0.25) is 0 Å². The summed E-state index contributed by atoms with van der Waals surface area (Å²) in [6.45, 7) is 3.20. The molecule has 5 heteroatoms. The number of thiophene rings is 1. The van der Waals surface area contributed by atoms with Crippen LogP contribution >= 0.6 is 61.5 Å². The van der Waals surface area contributed by atoms with Crippen molar-refractivity contribution in [3.8, 4) is 0 Å². The maximum atomic E-state index is 6.26. The highest BCUT2D eigenvalue weighted by atomic mass is 127. The van der Waals surface area contributed by atoms with Gasteiger partial charge in [-0.05, 0) is 75.2 Å². The fourth-order valence-electron chi connectivity index (χ4n) is 2.02. The summed E-state index contributed by atoms with van der Waals surface area (Å²) < 4.78 is 2.26. The molecule has 0 fully saturated rings. The number of hydrogen-bond acceptors (Lipinski definition) is 2. The monoisotopic (exact) mass is 483 g/mol. The molecule has 1 aromatic carbocycles. The van der Waals surface area contributed by atoms with Crippen molar-refractivity contribution >= 4 is 61.5 Å². The van der Waals surface area contributed by atoms with Crippen molar-refractivity contribution < 1.29 is 0 Å². The Morgan fingerprint density at radius 3 is 2.80 bits per heavy atom. The third-order valence-corrected chi connectivity index (χ3v) is 6.31. The van der Waals surface area contributed by atoms with Gasteiger partial charge in [-0.2, -0.15) is 0 Å². The zero-order valence-electron chi connectivity index (χ0n) is 11.1. The lowest BCUT2D eigenvalue weighted by Gasteiger charge is -2.19. The molecular weight excluding hydrogens is 469 g/mol. The highest BCUT2D eigenvalue weighted by molar-refractivity contribution is 14.1. The van der Waals surface area contributed by atoms with Crippen LogP contribution in [0.1, 0.15) is 29.8 Å². The second kappa shape index (κ2) is 8.13. The zero-order valence-corrected chi connectivity index (χ0v) is 16.4. The second-order valence-corrected chi connectivity index (χ2v) is 8.10. The Morgan fingerprint density at radius 2 is 2.20 bits per heavy atom. The van der Waals surface area contributed by atoms with E-state index in [9.17, 15) is 0 Å². The van der Waals surface area contributed by atoms with Gasteiger partial charge in [0.05, 0.1) is 5.02 Å². The molecule has 2 aromatic rings. The van der Waals surface area contributed by atoms with Gasteiger partial charge in [-0.15, -0.1) is 11.3 Å². The first-order valence-electron chi connectivity index (χ1n) is 6.51. The largest absolute Gasteiger partial charge is 0.310 e. The third kappa shape index (κ3) is 4.70. The summed E-state index contributed by atoms with van der Waals surface area (Å²) in [5, 5.41) is 6.58. The van der Waals surface area contributed by atoms with Gasteiger partial charge in [-0.1, -0.05) is 24.6 Å². The molecule has 0 aliphatic rings. The van der Waals surface area contributed by atoms with E-state index >= 15 is 0 Å². The normalized spacial score (nSPS) is 12.6. The number of hydrogen-bond donors (Lipinski definition) is 1. The molecule has 108 valence electrons. The molecule has 0 aliphatic carbocycles. The van der Waals surface area contributed by atoms with E-state index < -0.39 is 0 Å². The first-order valence-corrected chi connectivity index (χ1v) is 9.64. The summed E-state index contributed by atoms with van der Waals surface area (Å²) in [6, 6.07) is 8.85. The highest BCUT2D eigenvalue weighted by Gasteiger charge is 2.14. The smallest absolute Gasteiger partial charge is 0.0542 e. The van der Waals surface area contributed by atoms with Gasteiger partial charge in [0.15, 0.2) is 0 Å². The summed E-state index contributed by atoms with van der Waals surface area (Å²) in [4.78, 5) is 1.38. The van der Waals surface area contributed by atoms with Crippen LogP contribution in [-0.2, 0) is 6.42 Å². The van der Waals surface area contributed by atoms with E-state index in [0.29, 0.717) is 6.04 Å². The Labute approximate surface area is 151 Å². The number of nitrogens with one attached hydrogen (secondary N) is 1. The minimum absolute atomic E-state index is 0.315. The van der Waals surface area contributed by atoms with Gasteiger partial charge in [0, 0.05) is 30.8 Å². The molecule has 2 rings (SSSR count). The Bertz CT molecular complexity index is 573. The van der Waals surface area contributed by atoms with E-state index in [1.807, 2.05) is 0 Å². The van der Waals surface area contributed by atoms with E-state index in [0.717, 1.165) is 32.5 Å². The van der Waals surface area contributed by atoms with Crippen LogP contribution in [0, 0.1) is 3.57 Å². The number of rotatable bonds is 6. The summed E-state index contributed by atoms with van der Waals surface area (Å²) in [5.41, 5.74) is 1.26. The summed E-state index contributed by atoms with van der Waals surface area (Å²) in [5.74, 6) is 0. The molecule has 1 nitrogen and oxygen atoms in total. The molecule has 0 saturated heterocycles. The molecule has 0 spiro atoms. The van der Waals surface area contributed by atoms with Gasteiger partial charge in [-0.3, -0.25) is 0 Å². The lowest BCUT2D eigenvalue weighted by Crippen LogP contribution is -2.23. The average Bonchev–Trinajstić information content (AvgIpc) is 2.83. The molecule has 0 saturated carbocycles. The van der Waals surface area contributed by atoms with Crippen molar-refractivity contribution in [2.24, 2.45) is 0 Å². The van der Waals surface area contributed by atoms with Crippen molar-refractivity contribution in [2.45, 2.75) is 25.8 Å². The second-order valence-electron chi connectivity index (χ2n) is 4.62. The van der Waals surface area contributed by atoms with Crippen LogP contribution in [-0.4, -0.2) is 6.54 Å². The van der Waals surface area contributed by atoms with E-state index in [-0.39, 0.29) is 0 Å². The predicted octanol–water partition coefficient (Wildman–Crippen LogP) is 6.05. The minimum atomic E-state index is 0.315. The van der Waals surface area contributed by atoms with Crippen molar-refractivity contribution in [1.82, 2.24) is 5.32 Å². The molecule has 0 bridgehead atoms. The van der Waals surface area contributed by atoms with Crippen LogP contribution in [0.3, 0.4) is 0 Å². The molecule has 0 aliphatic heterocycles. The SMILES string of the molecule is CCCNC(Cc1cc(Br)cs1)c1ccc(I)c(Cl)c1. The molecule has 1 N–H and O–H groups in total. The van der Waals surface area contributed by atoms with Crippen molar-refractivity contribution in [3.63, 3.8) is 0 Å². The molecule has 0 radical (unpaired) electrons. The van der Waals surface area contributed by atoms with E-state index in [2.05, 4.69) is 80.4 Å². The Balaban J connectivity index is 2.19. The molecule has 1 aromatic heterocycles. The lowest BCUT2D eigenvalue weighted by molar-refractivity contribution is 0.532. The quantitative estimate of drug-likeness (QED) is 0.492.